The van der Waals surface area contributed by atoms with Gasteiger partial charge in [-0.1, -0.05) is 36.4 Å². The number of carboxylic acids is 1. The third-order valence-corrected chi connectivity index (χ3v) is 5.56. The highest BCUT2D eigenvalue weighted by atomic mass is 16.4. The summed E-state index contributed by atoms with van der Waals surface area (Å²) in [6.07, 6.45) is 2.55. The lowest BCUT2D eigenvalue weighted by Crippen LogP contribution is -2.38. The molecule has 1 fully saturated rings. The molecule has 1 saturated heterocycles. The van der Waals surface area contributed by atoms with E-state index >= 15 is 0 Å². The smallest absolute Gasteiger partial charge is 0.321 e. The molecule has 1 heterocycles. The lowest BCUT2D eigenvalue weighted by molar-refractivity contribution is -0.138. The number of likely N-dealkylation sites (N-methyl/N-ethyl adjacent to an activating group) is 1. The number of urea groups is 1. The van der Waals surface area contributed by atoms with Crippen LogP contribution in [0.4, 0.5) is 10.5 Å². The first-order chi connectivity index (χ1) is 13.9. The molecule has 6 nitrogen and oxygen atoms in total. The molecule has 2 aromatic rings. The summed E-state index contributed by atoms with van der Waals surface area (Å²) in [5, 5.41) is 12.0. The molecule has 2 amide bonds. The topological polar surface area (TPSA) is 72.9 Å². The number of carbonyl (C=O) groups is 2. The second-order valence-corrected chi connectivity index (χ2v) is 7.71. The van der Waals surface area contributed by atoms with Gasteiger partial charge in [0.1, 0.15) is 0 Å². The van der Waals surface area contributed by atoms with Crippen LogP contribution in [-0.2, 0) is 4.79 Å². The fraction of sp³-hybridized carbons (Fsp3) is 0.391. The number of hydrogen-bond acceptors (Lipinski definition) is 3. The lowest BCUT2D eigenvalue weighted by atomic mass is 10.0. The van der Waals surface area contributed by atoms with Crippen molar-refractivity contribution >= 4 is 17.7 Å². The molecule has 0 spiro atoms. The van der Waals surface area contributed by atoms with E-state index in [0.29, 0.717) is 13.1 Å². The maximum absolute atomic E-state index is 12.7. The Kier molecular flexibility index (Phi) is 6.88. The minimum Gasteiger partial charge on any atom is -0.480 e. The van der Waals surface area contributed by atoms with Crippen LogP contribution in [0, 0.1) is 6.92 Å². The number of aliphatic carboxylic acids is 1. The lowest BCUT2D eigenvalue weighted by Gasteiger charge is -2.25. The molecule has 6 heteroatoms. The predicted octanol–water partition coefficient (Wildman–Crippen LogP) is 4.06. The van der Waals surface area contributed by atoms with Gasteiger partial charge in [-0.3, -0.25) is 9.69 Å². The van der Waals surface area contributed by atoms with Crippen molar-refractivity contribution in [2.75, 3.05) is 32.0 Å². The average molecular weight is 396 g/mol. The summed E-state index contributed by atoms with van der Waals surface area (Å²) in [7, 11) is 1.84. The summed E-state index contributed by atoms with van der Waals surface area (Å²) in [6, 6.07) is 16.3. The number of carboxylic acid groups (broad SMARTS) is 1. The van der Waals surface area contributed by atoms with Crippen LogP contribution in [0.5, 0.6) is 0 Å². The van der Waals surface area contributed by atoms with E-state index < -0.39 is 5.97 Å². The summed E-state index contributed by atoms with van der Waals surface area (Å²) in [5.41, 5.74) is 4.21. The van der Waals surface area contributed by atoms with E-state index in [1.165, 1.54) is 0 Å². The number of benzene rings is 2. The molecule has 0 aromatic heterocycles. The van der Waals surface area contributed by atoms with Crippen molar-refractivity contribution in [1.29, 1.82) is 0 Å². The molecule has 1 unspecified atom stereocenters. The Morgan fingerprint density at radius 1 is 1.14 bits per heavy atom. The normalized spacial score (nSPS) is 17.1. The summed E-state index contributed by atoms with van der Waals surface area (Å²) < 4.78 is 0. The van der Waals surface area contributed by atoms with Crippen LogP contribution < -0.4 is 5.32 Å². The summed E-state index contributed by atoms with van der Waals surface area (Å²) >= 11 is 0. The maximum Gasteiger partial charge on any atom is 0.321 e. The Hall–Kier alpha value is -2.86. The number of nitrogens with zero attached hydrogens (tertiary/aromatic N) is 2. The number of anilines is 1. The highest BCUT2D eigenvalue weighted by Crippen LogP contribution is 2.26. The number of amides is 2. The Balaban J connectivity index is 1.60. The monoisotopic (exact) mass is 395 g/mol. The zero-order valence-corrected chi connectivity index (χ0v) is 17.1. The first-order valence-corrected chi connectivity index (χ1v) is 10.1. The molecule has 0 aliphatic carbocycles. The SMILES string of the molecule is Cc1cc(NC(=O)N2CCCC(N(C)CC(=O)O)CC2)ccc1-c1ccccc1. The summed E-state index contributed by atoms with van der Waals surface area (Å²) in [6.45, 7) is 3.39. The Bertz CT molecular complexity index is 854. The molecule has 0 saturated carbocycles. The van der Waals surface area contributed by atoms with Gasteiger partial charge in [-0.2, -0.15) is 0 Å². The first kappa shape index (κ1) is 20.9. The van der Waals surface area contributed by atoms with E-state index in [2.05, 4.69) is 17.4 Å². The van der Waals surface area contributed by atoms with Gasteiger partial charge in [0.05, 0.1) is 6.54 Å². The molecular formula is C23H29N3O3. The van der Waals surface area contributed by atoms with Crippen molar-refractivity contribution in [3.05, 3.63) is 54.1 Å². The van der Waals surface area contributed by atoms with Crippen LogP contribution in [0.2, 0.25) is 0 Å². The molecule has 2 N–H and O–H groups in total. The van der Waals surface area contributed by atoms with Gasteiger partial charge in [0.25, 0.3) is 0 Å². The highest BCUT2D eigenvalue weighted by Gasteiger charge is 2.24. The number of nitrogens with one attached hydrogen (secondary N) is 1. The van der Waals surface area contributed by atoms with E-state index in [4.69, 9.17) is 5.11 Å². The fourth-order valence-electron chi connectivity index (χ4n) is 3.95. The fourth-order valence-corrected chi connectivity index (χ4v) is 3.95. The van der Waals surface area contributed by atoms with Gasteiger partial charge in [-0.25, -0.2) is 4.79 Å². The van der Waals surface area contributed by atoms with Crippen molar-refractivity contribution in [2.45, 2.75) is 32.2 Å². The number of carbonyl (C=O) groups excluding carboxylic acids is 1. The molecule has 3 rings (SSSR count). The number of likely N-dealkylation sites (tertiary alicyclic amines) is 1. The van der Waals surface area contributed by atoms with Crippen molar-refractivity contribution in [1.82, 2.24) is 9.80 Å². The average Bonchev–Trinajstić information content (AvgIpc) is 2.95. The second-order valence-electron chi connectivity index (χ2n) is 7.71. The van der Waals surface area contributed by atoms with Gasteiger partial charge in [0, 0.05) is 24.8 Å². The standard InChI is InChI=1S/C23H29N3O3/c1-17-15-19(10-11-21(17)18-7-4-3-5-8-18)24-23(29)26-13-6-9-20(12-14-26)25(2)16-22(27)28/h3-5,7-8,10-11,15,20H,6,9,12-14,16H2,1-2H3,(H,24,29)(H,27,28). The van der Waals surface area contributed by atoms with Gasteiger partial charge in [0.15, 0.2) is 0 Å². The van der Waals surface area contributed by atoms with Crippen LogP contribution in [-0.4, -0.2) is 59.6 Å². The van der Waals surface area contributed by atoms with E-state index in [9.17, 15) is 9.59 Å². The minimum absolute atomic E-state index is 0.0316. The molecule has 1 aliphatic heterocycles. The molecule has 154 valence electrons. The highest BCUT2D eigenvalue weighted by molar-refractivity contribution is 5.90. The zero-order chi connectivity index (χ0) is 20.8. The number of aryl methyl sites for hydroxylation is 1. The Morgan fingerprint density at radius 2 is 1.90 bits per heavy atom. The third-order valence-electron chi connectivity index (χ3n) is 5.56. The first-order valence-electron chi connectivity index (χ1n) is 10.1. The van der Waals surface area contributed by atoms with Gasteiger partial charge in [-0.05, 0) is 62.1 Å². The van der Waals surface area contributed by atoms with E-state index in [0.717, 1.165) is 41.6 Å². The van der Waals surface area contributed by atoms with Crippen LogP contribution in [0.15, 0.2) is 48.5 Å². The van der Waals surface area contributed by atoms with E-state index in [-0.39, 0.29) is 18.6 Å². The van der Waals surface area contributed by atoms with Crippen LogP contribution in [0.3, 0.4) is 0 Å². The molecular weight excluding hydrogens is 366 g/mol. The van der Waals surface area contributed by atoms with Crippen molar-refractivity contribution < 1.29 is 14.7 Å². The molecule has 1 aliphatic rings. The van der Waals surface area contributed by atoms with Crippen LogP contribution >= 0.6 is 0 Å². The van der Waals surface area contributed by atoms with Gasteiger partial charge >= 0.3 is 12.0 Å². The quantitative estimate of drug-likeness (QED) is 0.801. The predicted molar refractivity (Wildman–Crippen MR) is 115 cm³/mol. The largest absolute Gasteiger partial charge is 0.480 e. The summed E-state index contributed by atoms with van der Waals surface area (Å²) in [4.78, 5) is 27.4. The number of hydrogen-bond donors (Lipinski definition) is 2. The van der Waals surface area contributed by atoms with Crippen molar-refractivity contribution in [2.24, 2.45) is 0 Å². The minimum atomic E-state index is -0.819. The summed E-state index contributed by atoms with van der Waals surface area (Å²) in [5.74, 6) is -0.819. The van der Waals surface area contributed by atoms with Crippen LogP contribution in [0.1, 0.15) is 24.8 Å². The van der Waals surface area contributed by atoms with E-state index in [1.54, 1.807) is 0 Å². The molecule has 1 atom stereocenters. The van der Waals surface area contributed by atoms with Crippen molar-refractivity contribution in [3.8, 4) is 11.1 Å². The zero-order valence-electron chi connectivity index (χ0n) is 17.1. The molecule has 0 radical (unpaired) electrons. The van der Waals surface area contributed by atoms with Gasteiger partial charge in [0.2, 0.25) is 0 Å². The second kappa shape index (κ2) is 9.56. The molecule has 2 aromatic carbocycles. The van der Waals surface area contributed by atoms with E-state index in [1.807, 2.05) is 60.2 Å². The van der Waals surface area contributed by atoms with Crippen molar-refractivity contribution in [3.63, 3.8) is 0 Å². The Morgan fingerprint density at radius 3 is 2.59 bits per heavy atom. The molecule has 29 heavy (non-hydrogen) atoms. The maximum atomic E-state index is 12.7. The van der Waals surface area contributed by atoms with Gasteiger partial charge < -0.3 is 15.3 Å². The number of rotatable bonds is 5. The van der Waals surface area contributed by atoms with Gasteiger partial charge in [-0.15, -0.1) is 0 Å². The van der Waals surface area contributed by atoms with Crippen LogP contribution in [0.25, 0.3) is 11.1 Å². The third kappa shape index (κ3) is 5.57. The molecule has 0 bridgehead atoms. The Labute approximate surface area is 172 Å².